The van der Waals surface area contributed by atoms with Crippen LogP contribution < -0.4 is 0 Å². The first-order valence-electron chi connectivity index (χ1n) is 3.81. The summed E-state index contributed by atoms with van der Waals surface area (Å²) in [5.41, 5.74) is 0. The van der Waals surface area contributed by atoms with Crippen molar-refractivity contribution in [1.29, 1.82) is 0 Å². The van der Waals surface area contributed by atoms with Gasteiger partial charge in [0.25, 0.3) is 5.91 Å². The molecule has 0 saturated carbocycles. The second-order valence-electron chi connectivity index (χ2n) is 2.43. The lowest BCUT2D eigenvalue weighted by Crippen LogP contribution is -2.34. The van der Waals surface area contributed by atoms with Gasteiger partial charge in [-0.25, -0.2) is 5.06 Å². The molecule has 0 aromatic heterocycles. The van der Waals surface area contributed by atoms with Gasteiger partial charge >= 0.3 is 0 Å². The molecule has 12 heavy (non-hydrogen) atoms. The van der Waals surface area contributed by atoms with Gasteiger partial charge in [0.05, 0.1) is 7.11 Å². The average Bonchev–Trinajstić information content (AvgIpc) is 2.11. The van der Waals surface area contributed by atoms with Gasteiger partial charge in [0.1, 0.15) is 0 Å². The van der Waals surface area contributed by atoms with E-state index in [-0.39, 0.29) is 0 Å². The second kappa shape index (κ2) is 5.65. The molecule has 70 valence electrons. The van der Waals surface area contributed by atoms with Gasteiger partial charge in [-0.05, 0) is 6.42 Å². The summed E-state index contributed by atoms with van der Waals surface area (Å²) in [5.74, 6) is -0.394. The van der Waals surface area contributed by atoms with Crippen LogP contribution in [0.25, 0.3) is 0 Å². The van der Waals surface area contributed by atoms with Gasteiger partial charge < -0.3 is 0 Å². The number of hydrogen-bond acceptors (Lipinski definition) is 4. The Morgan fingerprint density at radius 1 is 1.67 bits per heavy atom. The smallest absolute Gasteiger partial charge is 0.274 e. The second-order valence-corrected chi connectivity index (χ2v) is 2.43. The Hall–Kier alpha value is -0.970. The lowest BCUT2D eigenvalue weighted by Gasteiger charge is -2.16. The molecule has 0 radical (unpaired) electrons. The van der Waals surface area contributed by atoms with E-state index in [2.05, 4.69) is 10.0 Å². The SMILES string of the molecule is CCC[C@H](N=O)C(=O)N(C)OC. The first kappa shape index (κ1) is 11.0. The molecule has 0 unspecified atom stereocenters. The maximum atomic E-state index is 11.2. The van der Waals surface area contributed by atoms with Crippen molar-refractivity contribution in [2.45, 2.75) is 25.8 Å². The highest BCUT2D eigenvalue weighted by atomic mass is 16.7. The first-order valence-corrected chi connectivity index (χ1v) is 3.81. The highest BCUT2D eigenvalue weighted by molar-refractivity contribution is 5.80. The minimum atomic E-state index is -0.806. The molecule has 0 aromatic rings. The Morgan fingerprint density at radius 2 is 2.25 bits per heavy atom. The summed E-state index contributed by atoms with van der Waals surface area (Å²) >= 11 is 0. The zero-order chi connectivity index (χ0) is 9.56. The zero-order valence-electron chi connectivity index (χ0n) is 7.61. The summed E-state index contributed by atoms with van der Waals surface area (Å²) in [6.45, 7) is 1.89. The minimum Gasteiger partial charge on any atom is -0.274 e. The van der Waals surface area contributed by atoms with Gasteiger partial charge in [-0.3, -0.25) is 9.63 Å². The number of carbonyl (C=O) groups is 1. The standard InChI is InChI=1S/C7H14N2O3/c1-4-5-6(8-11)7(10)9(2)12-3/h6H,4-5H2,1-3H3/t6-/m0/s1. The molecule has 0 fully saturated rings. The molecule has 0 rings (SSSR count). The number of amides is 1. The molecule has 0 heterocycles. The van der Waals surface area contributed by atoms with Crippen molar-refractivity contribution < 1.29 is 9.63 Å². The molecule has 0 aliphatic heterocycles. The summed E-state index contributed by atoms with van der Waals surface area (Å²) < 4.78 is 0. The maximum absolute atomic E-state index is 11.2. The van der Waals surface area contributed by atoms with E-state index >= 15 is 0 Å². The van der Waals surface area contributed by atoms with Gasteiger partial charge in [-0.2, -0.15) is 0 Å². The van der Waals surface area contributed by atoms with Crippen LogP contribution in [0.4, 0.5) is 0 Å². The van der Waals surface area contributed by atoms with Gasteiger partial charge in [-0.1, -0.05) is 18.5 Å². The molecule has 0 spiro atoms. The minimum absolute atomic E-state index is 0.394. The van der Waals surface area contributed by atoms with E-state index < -0.39 is 11.9 Å². The van der Waals surface area contributed by atoms with Gasteiger partial charge in [0, 0.05) is 7.05 Å². The molecular weight excluding hydrogens is 160 g/mol. The Labute approximate surface area is 71.6 Å². The predicted molar refractivity (Wildman–Crippen MR) is 44.3 cm³/mol. The number of nitrogens with zero attached hydrogens (tertiary/aromatic N) is 2. The molecule has 0 saturated heterocycles. The van der Waals surface area contributed by atoms with Crippen molar-refractivity contribution in [3.63, 3.8) is 0 Å². The molecule has 0 aromatic carbocycles. The Bertz CT molecular complexity index is 161. The van der Waals surface area contributed by atoms with E-state index in [0.717, 1.165) is 11.5 Å². The van der Waals surface area contributed by atoms with Crippen molar-refractivity contribution >= 4 is 5.91 Å². The van der Waals surface area contributed by atoms with Crippen LogP contribution in [0.1, 0.15) is 19.8 Å². The Kier molecular flexibility index (Phi) is 5.19. The maximum Gasteiger partial charge on any atom is 0.274 e. The van der Waals surface area contributed by atoms with E-state index in [1.54, 1.807) is 0 Å². The highest BCUT2D eigenvalue weighted by Crippen LogP contribution is 2.04. The molecule has 0 aliphatic carbocycles. The van der Waals surface area contributed by atoms with E-state index in [1.807, 2.05) is 6.92 Å². The fourth-order valence-electron chi connectivity index (χ4n) is 0.795. The van der Waals surface area contributed by atoms with Crippen LogP contribution in [0.15, 0.2) is 5.18 Å². The van der Waals surface area contributed by atoms with E-state index in [9.17, 15) is 9.70 Å². The monoisotopic (exact) mass is 174 g/mol. The number of carbonyl (C=O) groups excluding carboxylic acids is 1. The molecule has 1 amide bonds. The number of rotatable bonds is 5. The highest BCUT2D eigenvalue weighted by Gasteiger charge is 2.21. The predicted octanol–water partition coefficient (Wildman–Crippen LogP) is 0.941. The third-order valence-corrected chi connectivity index (χ3v) is 1.56. The van der Waals surface area contributed by atoms with Crippen LogP contribution in [0.2, 0.25) is 0 Å². The lowest BCUT2D eigenvalue weighted by molar-refractivity contribution is -0.170. The molecular formula is C7H14N2O3. The fourth-order valence-corrected chi connectivity index (χ4v) is 0.795. The third-order valence-electron chi connectivity index (χ3n) is 1.56. The zero-order valence-corrected chi connectivity index (χ0v) is 7.61. The van der Waals surface area contributed by atoms with Crippen LogP contribution in [0.5, 0.6) is 0 Å². The quantitative estimate of drug-likeness (QED) is 0.460. The summed E-state index contributed by atoms with van der Waals surface area (Å²) in [6.07, 6.45) is 1.22. The van der Waals surface area contributed by atoms with Crippen molar-refractivity contribution in [2.75, 3.05) is 14.2 Å². The lowest BCUT2D eigenvalue weighted by atomic mass is 10.2. The van der Waals surface area contributed by atoms with E-state index in [1.165, 1.54) is 14.2 Å². The molecule has 1 atom stereocenters. The van der Waals surface area contributed by atoms with Gasteiger partial charge in [-0.15, -0.1) is 4.91 Å². The number of hydroxylamine groups is 2. The largest absolute Gasteiger partial charge is 0.274 e. The van der Waals surface area contributed by atoms with Crippen LogP contribution >= 0.6 is 0 Å². The average molecular weight is 174 g/mol. The van der Waals surface area contributed by atoms with Crippen LogP contribution in [0, 0.1) is 4.91 Å². The van der Waals surface area contributed by atoms with Gasteiger partial charge in [0.2, 0.25) is 0 Å². The molecule has 0 N–H and O–H groups in total. The normalized spacial score (nSPS) is 12.2. The van der Waals surface area contributed by atoms with Crippen LogP contribution in [-0.4, -0.2) is 31.2 Å². The van der Waals surface area contributed by atoms with Crippen molar-refractivity contribution in [2.24, 2.45) is 5.18 Å². The third kappa shape index (κ3) is 2.96. The number of likely N-dealkylation sites (N-methyl/N-ethyl adjacent to an activating group) is 1. The van der Waals surface area contributed by atoms with Gasteiger partial charge in [0.15, 0.2) is 6.04 Å². The summed E-state index contributed by atoms with van der Waals surface area (Å²) in [7, 11) is 2.82. The number of nitroso groups, excluding NO2 is 1. The summed E-state index contributed by atoms with van der Waals surface area (Å²) in [5, 5.41) is 3.74. The van der Waals surface area contributed by atoms with Crippen LogP contribution in [-0.2, 0) is 9.63 Å². The van der Waals surface area contributed by atoms with Crippen molar-refractivity contribution in [3.05, 3.63) is 4.91 Å². The van der Waals surface area contributed by atoms with Crippen molar-refractivity contribution in [1.82, 2.24) is 5.06 Å². The Balaban J connectivity index is 4.10. The first-order chi connectivity index (χ1) is 5.67. The number of hydrogen-bond donors (Lipinski definition) is 0. The molecule has 0 aliphatic rings. The molecule has 5 heteroatoms. The van der Waals surface area contributed by atoms with Crippen LogP contribution in [0.3, 0.4) is 0 Å². The molecule has 0 bridgehead atoms. The molecule has 5 nitrogen and oxygen atoms in total. The van der Waals surface area contributed by atoms with E-state index in [4.69, 9.17) is 0 Å². The van der Waals surface area contributed by atoms with E-state index in [0.29, 0.717) is 6.42 Å². The fraction of sp³-hybridized carbons (Fsp3) is 0.857. The Morgan fingerprint density at radius 3 is 2.58 bits per heavy atom. The van der Waals surface area contributed by atoms with Crippen molar-refractivity contribution in [3.8, 4) is 0 Å². The summed E-state index contributed by atoms with van der Waals surface area (Å²) in [6, 6.07) is -0.806. The summed E-state index contributed by atoms with van der Waals surface area (Å²) in [4.78, 5) is 26.0. The topological polar surface area (TPSA) is 59.0 Å².